The van der Waals surface area contributed by atoms with Gasteiger partial charge in [-0.05, 0) is 37.5 Å². The van der Waals surface area contributed by atoms with Gasteiger partial charge >= 0.3 is 5.97 Å². The SMILES string of the molecule is C[C@]12CCC(=O)N1[C@@H](C(=O)OCC(=O)NCCc1cccc(Cl)c1)CS2. The minimum Gasteiger partial charge on any atom is -0.454 e. The van der Waals surface area contributed by atoms with Crippen molar-refractivity contribution in [1.29, 1.82) is 0 Å². The van der Waals surface area contributed by atoms with Crippen LogP contribution in [0, 0.1) is 0 Å². The van der Waals surface area contributed by atoms with Crippen LogP contribution >= 0.6 is 23.4 Å². The van der Waals surface area contributed by atoms with Gasteiger partial charge in [0.15, 0.2) is 6.61 Å². The number of nitrogens with one attached hydrogen (secondary N) is 1. The van der Waals surface area contributed by atoms with Gasteiger partial charge in [-0.2, -0.15) is 0 Å². The molecule has 0 aliphatic carbocycles. The Morgan fingerprint density at radius 2 is 2.27 bits per heavy atom. The molecule has 2 amide bonds. The molecule has 0 unspecified atom stereocenters. The van der Waals surface area contributed by atoms with Crippen molar-refractivity contribution in [2.75, 3.05) is 18.9 Å². The molecule has 2 saturated heterocycles. The Morgan fingerprint density at radius 3 is 3.04 bits per heavy atom. The highest BCUT2D eigenvalue weighted by molar-refractivity contribution is 8.01. The van der Waals surface area contributed by atoms with Gasteiger partial charge < -0.3 is 15.0 Å². The number of fused-ring (bicyclic) bond motifs is 1. The van der Waals surface area contributed by atoms with Crippen LogP contribution in [0.25, 0.3) is 0 Å². The van der Waals surface area contributed by atoms with Crippen LogP contribution in [0.5, 0.6) is 0 Å². The molecule has 2 atom stereocenters. The molecule has 0 spiro atoms. The number of benzene rings is 1. The van der Waals surface area contributed by atoms with E-state index in [9.17, 15) is 14.4 Å². The summed E-state index contributed by atoms with van der Waals surface area (Å²) in [6.07, 6.45) is 1.84. The van der Waals surface area contributed by atoms with E-state index in [1.807, 2.05) is 25.1 Å². The summed E-state index contributed by atoms with van der Waals surface area (Å²) >= 11 is 7.51. The number of thioether (sulfide) groups is 1. The maximum Gasteiger partial charge on any atom is 0.330 e. The smallest absolute Gasteiger partial charge is 0.330 e. The molecule has 2 aliphatic heterocycles. The van der Waals surface area contributed by atoms with Crippen molar-refractivity contribution in [3.63, 3.8) is 0 Å². The second kappa shape index (κ2) is 7.88. The number of amides is 2. The molecule has 8 heteroatoms. The van der Waals surface area contributed by atoms with E-state index < -0.39 is 12.0 Å². The zero-order chi connectivity index (χ0) is 18.7. The molecule has 140 valence electrons. The average molecular weight is 397 g/mol. The Balaban J connectivity index is 1.42. The van der Waals surface area contributed by atoms with Crippen molar-refractivity contribution in [2.45, 2.75) is 37.1 Å². The Bertz CT molecular complexity index is 729. The fourth-order valence-corrected chi connectivity index (χ4v) is 4.95. The van der Waals surface area contributed by atoms with Gasteiger partial charge in [-0.3, -0.25) is 9.59 Å². The first-order valence-corrected chi connectivity index (χ1v) is 9.89. The largest absolute Gasteiger partial charge is 0.454 e. The first-order chi connectivity index (χ1) is 12.4. The van der Waals surface area contributed by atoms with E-state index in [0.717, 1.165) is 12.0 Å². The monoisotopic (exact) mass is 396 g/mol. The number of ether oxygens (including phenoxy) is 1. The third kappa shape index (κ3) is 4.15. The van der Waals surface area contributed by atoms with E-state index in [1.54, 1.807) is 22.7 Å². The Kier molecular flexibility index (Phi) is 5.77. The van der Waals surface area contributed by atoms with Crippen LogP contribution < -0.4 is 5.32 Å². The molecule has 0 radical (unpaired) electrons. The first-order valence-electron chi connectivity index (χ1n) is 8.53. The normalized spacial score (nSPS) is 24.5. The molecule has 3 rings (SSSR count). The molecule has 1 N–H and O–H groups in total. The molecule has 6 nitrogen and oxygen atoms in total. The predicted octanol–water partition coefficient (Wildman–Crippen LogP) is 2.00. The highest BCUT2D eigenvalue weighted by atomic mass is 35.5. The lowest BCUT2D eigenvalue weighted by molar-refractivity contribution is -0.156. The third-order valence-electron chi connectivity index (χ3n) is 4.69. The lowest BCUT2D eigenvalue weighted by atomic mass is 10.1. The minimum absolute atomic E-state index is 0.0228. The number of carbonyl (C=O) groups is 3. The molecule has 2 fully saturated rings. The highest BCUT2D eigenvalue weighted by Gasteiger charge is 2.53. The molecule has 0 bridgehead atoms. The Hall–Kier alpha value is -1.73. The Labute approximate surface area is 161 Å². The van der Waals surface area contributed by atoms with Crippen molar-refractivity contribution in [2.24, 2.45) is 0 Å². The van der Waals surface area contributed by atoms with Gasteiger partial charge in [0, 0.05) is 23.7 Å². The van der Waals surface area contributed by atoms with Gasteiger partial charge in [-0.1, -0.05) is 23.7 Å². The number of carbonyl (C=O) groups excluding carboxylic acids is 3. The summed E-state index contributed by atoms with van der Waals surface area (Å²) in [5, 5.41) is 3.37. The second-order valence-electron chi connectivity index (χ2n) is 6.60. The van der Waals surface area contributed by atoms with Crippen LogP contribution in [0.3, 0.4) is 0 Å². The molecule has 2 heterocycles. The zero-order valence-corrected chi connectivity index (χ0v) is 16.1. The van der Waals surface area contributed by atoms with E-state index >= 15 is 0 Å². The summed E-state index contributed by atoms with van der Waals surface area (Å²) in [6, 6.07) is 6.82. The summed E-state index contributed by atoms with van der Waals surface area (Å²) in [4.78, 5) is 37.5. The average Bonchev–Trinajstić information content (AvgIpc) is 3.09. The minimum atomic E-state index is -0.598. The van der Waals surface area contributed by atoms with Gasteiger partial charge in [-0.25, -0.2) is 4.79 Å². The van der Waals surface area contributed by atoms with Crippen LogP contribution in [-0.2, 0) is 25.5 Å². The van der Waals surface area contributed by atoms with Crippen molar-refractivity contribution in [3.05, 3.63) is 34.9 Å². The van der Waals surface area contributed by atoms with Crippen molar-refractivity contribution in [1.82, 2.24) is 10.2 Å². The summed E-state index contributed by atoms with van der Waals surface area (Å²) in [5.41, 5.74) is 1.02. The fraction of sp³-hybridized carbons (Fsp3) is 0.500. The first kappa shape index (κ1) is 19.0. The number of rotatable bonds is 6. The maximum atomic E-state index is 12.3. The second-order valence-corrected chi connectivity index (χ2v) is 8.54. The van der Waals surface area contributed by atoms with Gasteiger partial charge in [0.05, 0.1) is 4.87 Å². The van der Waals surface area contributed by atoms with E-state index in [-0.39, 0.29) is 23.3 Å². The van der Waals surface area contributed by atoms with Crippen LogP contribution in [0.2, 0.25) is 5.02 Å². The number of nitrogens with zero attached hydrogens (tertiary/aromatic N) is 1. The van der Waals surface area contributed by atoms with Gasteiger partial charge in [0.1, 0.15) is 6.04 Å². The van der Waals surface area contributed by atoms with Gasteiger partial charge in [0.2, 0.25) is 5.91 Å². The lowest BCUT2D eigenvalue weighted by Crippen LogP contribution is -2.47. The molecule has 0 aromatic heterocycles. The van der Waals surface area contributed by atoms with E-state index in [1.165, 1.54) is 0 Å². The van der Waals surface area contributed by atoms with Crippen LogP contribution in [0.15, 0.2) is 24.3 Å². The van der Waals surface area contributed by atoms with Crippen LogP contribution in [-0.4, -0.2) is 52.5 Å². The molecular weight excluding hydrogens is 376 g/mol. The van der Waals surface area contributed by atoms with Crippen molar-refractivity contribution in [3.8, 4) is 0 Å². The van der Waals surface area contributed by atoms with Crippen molar-refractivity contribution < 1.29 is 19.1 Å². The topological polar surface area (TPSA) is 75.7 Å². The number of hydrogen-bond acceptors (Lipinski definition) is 5. The zero-order valence-electron chi connectivity index (χ0n) is 14.5. The molecule has 1 aromatic carbocycles. The molecule has 0 saturated carbocycles. The van der Waals surface area contributed by atoms with Crippen molar-refractivity contribution >= 4 is 41.1 Å². The van der Waals surface area contributed by atoms with E-state index in [4.69, 9.17) is 16.3 Å². The fourth-order valence-electron chi connectivity index (χ4n) is 3.32. The third-order valence-corrected chi connectivity index (χ3v) is 6.43. The Morgan fingerprint density at radius 1 is 1.46 bits per heavy atom. The number of halogens is 1. The predicted molar refractivity (Wildman–Crippen MR) is 99.9 cm³/mol. The maximum absolute atomic E-state index is 12.3. The summed E-state index contributed by atoms with van der Waals surface area (Å²) in [5.74, 6) is -0.384. The highest BCUT2D eigenvalue weighted by Crippen LogP contribution is 2.47. The molecule has 1 aromatic rings. The standard InChI is InChI=1S/C18H21ClN2O4S/c1-18-7-5-16(23)21(18)14(11-26-18)17(24)25-10-15(22)20-8-6-12-3-2-4-13(19)9-12/h2-4,9,14H,5-8,10-11H2,1H3,(H,20,22)/t14-,18+/m1/s1. The summed E-state index contributed by atoms with van der Waals surface area (Å²) in [6.45, 7) is 2.06. The molecule has 26 heavy (non-hydrogen) atoms. The van der Waals surface area contributed by atoms with E-state index in [0.29, 0.717) is 30.2 Å². The van der Waals surface area contributed by atoms with Gasteiger partial charge in [0.25, 0.3) is 5.91 Å². The number of esters is 1. The summed E-state index contributed by atoms with van der Waals surface area (Å²) < 4.78 is 5.13. The molecule has 2 aliphatic rings. The lowest BCUT2D eigenvalue weighted by Gasteiger charge is -2.29. The summed E-state index contributed by atoms with van der Waals surface area (Å²) in [7, 11) is 0. The van der Waals surface area contributed by atoms with Gasteiger partial charge in [-0.15, -0.1) is 11.8 Å². The van der Waals surface area contributed by atoms with E-state index in [2.05, 4.69) is 5.32 Å². The molecular formula is C18H21ClN2O4S. The quantitative estimate of drug-likeness (QED) is 0.744. The van der Waals surface area contributed by atoms with Crippen LogP contribution in [0.4, 0.5) is 0 Å². The van der Waals surface area contributed by atoms with Crippen LogP contribution in [0.1, 0.15) is 25.3 Å². The number of hydrogen-bond donors (Lipinski definition) is 1.